The highest BCUT2D eigenvalue weighted by Crippen LogP contribution is 2.40. The van der Waals surface area contributed by atoms with E-state index >= 15 is 0 Å². The van der Waals surface area contributed by atoms with Gasteiger partial charge in [0.05, 0.1) is 17.7 Å². The van der Waals surface area contributed by atoms with Crippen molar-refractivity contribution >= 4 is 34.2 Å². The van der Waals surface area contributed by atoms with Crippen molar-refractivity contribution in [3.05, 3.63) is 76.2 Å². The summed E-state index contributed by atoms with van der Waals surface area (Å²) in [5.41, 5.74) is 3.79. The van der Waals surface area contributed by atoms with Gasteiger partial charge in [0.1, 0.15) is 5.00 Å². The highest BCUT2D eigenvalue weighted by molar-refractivity contribution is 7.17. The van der Waals surface area contributed by atoms with E-state index in [9.17, 15) is 14.4 Å². The Bertz CT molecular complexity index is 1180. The number of rotatable bonds is 7. The number of ether oxygens (including phenoxy) is 2. The van der Waals surface area contributed by atoms with Crippen molar-refractivity contribution in [1.29, 1.82) is 0 Å². The van der Waals surface area contributed by atoms with Crippen molar-refractivity contribution in [2.45, 2.75) is 33.1 Å². The van der Waals surface area contributed by atoms with E-state index in [-0.39, 0.29) is 6.61 Å². The number of anilines is 1. The van der Waals surface area contributed by atoms with E-state index in [1.807, 2.05) is 42.5 Å². The van der Waals surface area contributed by atoms with E-state index in [1.165, 1.54) is 11.3 Å². The van der Waals surface area contributed by atoms with Crippen molar-refractivity contribution in [3.8, 4) is 11.1 Å². The van der Waals surface area contributed by atoms with Gasteiger partial charge in [0.15, 0.2) is 6.61 Å². The van der Waals surface area contributed by atoms with Crippen LogP contribution in [0.5, 0.6) is 0 Å². The third kappa shape index (κ3) is 5.37. The summed E-state index contributed by atoms with van der Waals surface area (Å²) in [6.07, 6.45) is 2.64. The average molecular weight is 478 g/mol. The topological polar surface area (TPSA) is 81.7 Å². The van der Waals surface area contributed by atoms with E-state index in [0.29, 0.717) is 22.0 Å². The number of hydrogen-bond donors (Lipinski definition) is 1. The van der Waals surface area contributed by atoms with Gasteiger partial charge in [-0.2, -0.15) is 0 Å². The number of hydrogen-bond acceptors (Lipinski definition) is 6. The van der Waals surface area contributed by atoms with E-state index in [4.69, 9.17) is 9.47 Å². The highest BCUT2D eigenvalue weighted by Gasteiger charge is 2.29. The first kappa shape index (κ1) is 23.7. The lowest BCUT2D eigenvalue weighted by Gasteiger charge is -2.18. The van der Waals surface area contributed by atoms with Crippen LogP contribution in [0.25, 0.3) is 11.1 Å². The summed E-state index contributed by atoms with van der Waals surface area (Å²) in [4.78, 5) is 38.7. The second kappa shape index (κ2) is 10.7. The average Bonchev–Trinajstić information content (AvgIpc) is 3.20. The first-order valence-electron chi connectivity index (χ1n) is 11.4. The van der Waals surface area contributed by atoms with Crippen LogP contribution in [0.3, 0.4) is 0 Å². The largest absolute Gasteiger partial charge is 0.462 e. The van der Waals surface area contributed by atoms with Gasteiger partial charge in [-0.15, -0.1) is 11.3 Å². The number of amides is 1. The van der Waals surface area contributed by atoms with Crippen LogP contribution in [-0.2, 0) is 27.1 Å². The maximum Gasteiger partial charge on any atom is 0.341 e. The molecule has 7 heteroatoms. The molecule has 1 aliphatic rings. The van der Waals surface area contributed by atoms with Crippen LogP contribution in [0.15, 0.2) is 54.6 Å². The second-order valence-corrected chi connectivity index (χ2v) is 9.45. The minimum absolute atomic E-state index is 0.258. The molecule has 0 radical (unpaired) electrons. The molecule has 4 rings (SSSR count). The molecule has 1 N–H and O–H groups in total. The van der Waals surface area contributed by atoms with Crippen LogP contribution in [0.4, 0.5) is 5.00 Å². The normalized spacial score (nSPS) is 14.7. The van der Waals surface area contributed by atoms with Crippen LogP contribution in [0.2, 0.25) is 0 Å². The minimum Gasteiger partial charge on any atom is -0.462 e. The molecular weight excluding hydrogens is 450 g/mol. The number of benzene rings is 2. The van der Waals surface area contributed by atoms with Crippen LogP contribution >= 0.6 is 11.3 Å². The van der Waals surface area contributed by atoms with Crippen LogP contribution in [0, 0.1) is 5.92 Å². The third-order valence-electron chi connectivity index (χ3n) is 5.81. The Hall–Kier alpha value is -3.45. The first-order chi connectivity index (χ1) is 16.5. The highest BCUT2D eigenvalue weighted by atomic mass is 32.1. The van der Waals surface area contributed by atoms with E-state index < -0.39 is 24.5 Å². The van der Waals surface area contributed by atoms with Gasteiger partial charge in [0.25, 0.3) is 5.91 Å². The molecule has 2 aromatic carbocycles. The standard InChI is InChI=1S/C27H27NO5S/c1-3-32-27(31)24-21-14-9-17(2)15-22(21)34-25(24)28-23(29)16-33-26(30)20-12-10-19(11-13-20)18-7-5-4-6-8-18/h4-8,10-13,17H,3,9,14-16H2,1-2H3,(H,28,29). The molecule has 1 aliphatic carbocycles. The fourth-order valence-electron chi connectivity index (χ4n) is 4.06. The maximum absolute atomic E-state index is 12.6. The zero-order chi connectivity index (χ0) is 24.1. The van der Waals surface area contributed by atoms with Gasteiger partial charge in [-0.25, -0.2) is 9.59 Å². The molecule has 1 aromatic heterocycles. The lowest BCUT2D eigenvalue weighted by molar-refractivity contribution is -0.119. The van der Waals surface area contributed by atoms with Gasteiger partial charge < -0.3 is 14.8 Å². The number of esters is 2. The van der Waals surface area contributed by atoms with Crippen LogP contribution in [0.1, 0.15) is 51.4 Å². The molecular formula is C27H27NO5S. The fraction of sp³-hybridized carbons (Fsp3) is 0.296. The molecule has 3 aromatic rings. The Labute approximate surface area is 202 Å². The predicted octanol–water partition coefficient (Wildman–Crippen LogP) is 5.51. The van der Waals surface area contributed by atoms with E-state index in [0.717, 1.165) is 40.8 Å². The Balaban J connectivity index is 1.40. The summed E-state index contributed by atoms with van der Waals surface area (Å²) in [7, 11) is 0. The van der Waals surface area contributed by atoms with Crippen molar-refractivity contribution in [2.75, 3.05) is 18.5 Å². The molecule has 6 nitrogen and oxygen atoms in total. The zero-order valence-electron chi connectivity index (χ0n) is 19.3. The molecule has 0 aliphatic heterocycles. The van der Waals surface area contributed by atoms with Crippen molar-refractivity contribution < 1.29 is 23.9 Å². The number of thiophene rings is 1. The molecule has 0 fully saturated rings. The fourth-order valence-corrected chi connectivity index (χ4v) is 5.48. The summed E-state index contributed by atoms with van der Waals surface area (Å²) >= 11 is 1.41. The zero-order valence-corrected chi connectivity index (χ0v) is 20.1. The van der Waals surface area contributed by atoms with Crippen molar-refractivity contribution in [1.82, 2.24) is 0 Å². The monoisotopic (exact) mass is 477 g/mol. The van der Waals surface area contributed by atoms with Gasteiger partial charge in [-0.3, -0.25) is 4.79 Å². The van der Waals surface area contributed by atoms with Crippen LogP contribution < -0.4 is 5.32 Å². The maximum atomic E-state index is 12.6. The van der Waals surface area contributed by atoms with E-state index in [1.54, 1.807) is 19.1 Å². The summed E-state index contributed by atoms with van der Waals surface area (Å²) in [6.45, 7) is 3.74. The lowest BCUT2D eigenvalue weighted by Crippen LogP contribution is -2.22. The lowest BCUT2D eigenvalue weighted by atomic mass is 9.88. The summed E-state index contributed by atoms with van der Waals surface area (Å²) in [5.74, 6) is -0.981. The minimum atomic E-state index is -0.584. The van der Waals surface area contributed by atoms with E-state index in [2.05, 4.69) is 12.2 Å². The van der Waals surface area contributed by atoms with Gasteiger partial charge in [-0.1, -0.05) is 49.4 Å². The molecule has 0 saturated carbocycles. The quantitative estimate of drug-likeness (QED) is 0.454. The van der Waals surface area contributed by atoms with Crippen molar-refractivity contribution in [2.24, 2.45) is 5.92 Å². The molecule has 1 amide bonds. The summed E-state index contributed by atoms with van der Waals surface area (Å²) in [6, 6.07) is 16.9. The van der Waals surface area contributed by atoms with Crippen molar-refractivity contribution in [3.63, 3.8) is 0 Å². The van der Waals surface area contributed by atoms with Gasteiger partial charge in [-0.05, 0) is 60.9 Å². The third-order valence-corrected chi connectivity index (χ3v) is 6.98. The Morgan fingerprint density at radius 2 is 1.68 bits per heavy atom. The predicted molar refractivity (Wildman–Crippen MR) is 132 cm³/mol. The molecule has 1 atom stereocenters. The number of carbonyl (C=O) groups excluding carboxylic acids is 3. The number of fused-ring (bicyclic) bond motifs is 1. The SMILES string of the molecule is CCOC(=O)c1c(NC(=O)COC(=O)c2ccc(-c3ccccc3)cc2)sc2c1CCC(C)C2. The first-order valence-corrected chi connectivity index (χ1v) is 12.2. The Morgan fingerprint density at radius 3 is 2.38 bits per heavy atom. The molecule has 0 spiro atoms. The molecule has 0 bridgehead atoms. The Morgan fingerprint density at radius 1 is 0.971 bits per heavy atom. The van der Waals surface area contributed by atoms with Crippen LogP contribution in [-0.4, -0.2) is 31.1 Å². The number of nitrogens with one attached hydrogen (secondary N) is 1. The van der Waals surface area contributed by atoms with Gasteiger partial charge in [0, 0.05) is 4.88 Å². The molecule has 34 heavy (non-hydrogen) atoms. The molecule has 176 valence electrons. The second-order valence-electron chi connectivity index (χ2n) is 8.34. The molecule has 0 saturated heterocycles. The summed E-state index contributed by atoms with van der Waals surface area (Å²) in [5, 5.41) is 3.22. The molecule has 1 unspecified atom stereocenters. The Kier molecular flexibility index (Phi) is 7.43. The number of carbonyl (C=O) groups is 3. The molecule has 1 heterocycles. The van der Waals surface area contributed by atoms with Gasteiger partial charge in [0.2, 0.25) is 0 Å². The summed E-state index contributed by atoms with van der Waals surface area (Å²) < 4.78 is 10.4. The smallest absolute Gasteiger partial charge is 0.341 e. The van der Waals surface area contributed by atoms with Gasteiger partial charge >= 0.3 is 11.9 Å².